The number of hydrogen-bond acceptors (Lipinski definition) is 1. The minimum absolute atomic E-state index is 0.0428. The van der Waals surface area contributed by atoms with Crippen molar-refractivity contribution >= 4 is 12.0 Å². The third kappa shape index (κ3) is 1.86. The van der Waals surface area contributed by atoms with Crippen LogP contribution in [0.1, 0.15) is 44.2 Å². The van der Waals surface area contributed by atoms with Gasteiger partial charge in [-0.15, -0.1) is 0 Å². The summed E-state index contributed by atoms with van der Waals surface area (Å²) in [7, 11) is 0. The average molecular weight is 244 g/mol. The predicted molar refractivity (Wildman–Crippen MR) is 73.4 cm³/mol. The van der Waals surface area contributed by atoms with Crippen LogP contribution in [0.15, 0.2) is 30.3 Å². The molecule has 1 aliphatic carbocycles. The molecule has 2 heteroatoms. The lowest BCUT2D eigenvalue weighted by Crippen LogP contribution is -2.37. The van der Waals surface area contributed by atoms with Gasteiger partial charge in [0.1, 0.15) is 0 Å². The van der Waals surface area contributed by atoms with E-state index in [9.17, 15) is 9.90 Å². The molecule has 0 spiro atoms. The Kier molecular flexibility index (Phi) is 3.29. The zero-order valence-corrected chi connectivity index (χ0v) is 11.2. The van der Waals surface area contributed by atoms with E-state index in [0.29, 0.717) is 5.92 Å². The van der Waals surface area contributed by atoms with E-state index in [1.807, 2.05) is 31.2 Å². The van der Waals surface area contributed by atoms with Crippen molar-refractivity contribution in [1.82, 2.24) is 0 Å². The average Bonchev–Trinajstić information content (AvgIpc) is 2.37. The van der Waals surface area contributed by atoms with Crippen LogP contribution >= 0.6 is 0 Å². The maximum atomic E-state index is 11.7. The topological polar surface area (TPSA) is 37.3 Å². The fourth-order valence-electron chi connectivity index (χ4n) is 2.97. The molecule has 0 radical (unpaired) electrons. The standard InChI is InChI=1S/C16H20O2/c1-4-11(2)14-13-8-6-5-7-12(13)9-10-16(14,3)15(17)18/h5-11,14H,4H2,1-3H3,(H,17,18)/t11?,14-,16+/m0/s1. The first-order chi connectivity index (χ1) is 8.50. The number of hydrogen-bond donors (Lipinski definition) is 1. The maximum Gasteiger partial charge on any atom is 0.313 e. The molecule has 0 fully saturated rings. The quantitative estimate of drug-likeness (QED) is 0.874. The van der Waals surface area contributed by atoms with Crippen LogP contribution in [0.3, 0.4) is 0 Å². The molecule has 0 aromatic heterocycles. The fourth-order valence-corrected chi connectivity index (χ4v) is 2.97. The maximum absolute atomic E-state index is 11.7. The van der Waals surface area contributed by atoms with Gasteiger partial charge in [-0.05, 0) is 24.0 Å². The Morgan fingerprint density at radius 2 is 2.11 bits per heavy atom. The number of aliphatic carboxylic acids is 1. The summed E-state index contributed by atoms with van der Waals surface area (Å²) in [6.07, 6.45) is 4.78. The molecule has 0 bridgehead atoms. The number of carboxylic acids is 1. The van der Waals surface area contributed by atoms with E-state index in [1.54, 1.807) is 0 Å². The zero-order valence-electron chi connectivity index (χ0n) is 11.2. The van der Waals surface area contributed by atoms with Gasteiger partial charge in [0.15, 0.2) is 0 Å². The summed E-state index contributed by atoms with van der Waals surface area (Å²) in [5, 5.41) is 9.59. The molecule has 2 nitrogen and oxygen atoms in total. The van der Waals surface area contributed by atoms with Gasteiger partial charge < -0.3 is 5.11 Å². The number of fused-ring (bicyclic) bond motifs is 1. The molecule has 1 aliphatic rings. The first-order valence-electron chi connectivity index (χ1n) is 6.52. The number of rotatable bonds is 3. The van der Waals surface area contributed by atoms with E-state index in [2.05, 4.69) is 26.0 Å². The molecule has 96 valence electrons. The largest absolute Gasteiger partial charge is 0.481 e. The van der Waals surface area contributed by atoms with Gasteiger partial charge in [0.25, 0.3) is 0 Å². The van der Waals surface area contributed by atoms with Crippen LogP contribution < -0.4 is 0 Å². The van der Waals surface area contributed by atoms with E-state index < -0.39 is 11.4 Å². The fraction of sp³-hybridized carbons (Fsp3) is 0.438. The van der Waals surface area contributed by atoms with Crippen molar-refractivity contribution in [3.8, 4) is 0 Å². The van der Waals surface area contributed by atoms with Crippen molar-refractivity contribution in [3.05, 3.63) is 41.5 Å². The second kappa shape index (κ2) is 4.60. The first-order valence-corrected chi connectivity index (χ1v) is 6.52. The highest BCUT2D eigenvalue weighted by Gasteiger charge is 2.44. The summed E-state index contributed by atoms with van der Waals surface area (Å²) in [5.41, 5.74) is 1.52. The molecule has 1 aromatic carbocycles. The molecule has 1 aromatic rings. The zero-order chi connectivity index (χ0) is 13.3. The Balaban J connectivity index is 2.59. The number of carbonyl (C=O) groups is 1. The normalized spacial score (nSPS) is 27.6. The second-order valence-electron chi connectivity index (χ2n) is 5.41. The molecule has 0 saturated carbocycles. The Morgan fingerprint density at radius 1 is 1.44 bits per heavy atom. The third-order valence-corrected chi connectivity index (χ3v) is 4.26. The Morgan fingerprint density at radius 3 is 2.72 bits per heavy atom. The van der Waals surface area contributed by atoms with E-state index in [-0.39, 0.29) is 5.92 Å². The van der Waals surface area contributed by atoms with Gasteiger partial charge in [0.2, 0.25) is 0 Å². The van der Waals surface area contributed by atoms with Gasteiger partial charge in [-0.3, -0.25) is 4.79 Å². The first kappa shape index (κ1) is 12.9. The lowest BCUT2D eigenvalue weighted by molar-refractivity contribution is -0.147. The predicted octanol–water partition coefficient (Wildman–Crippen LogP) is 3.93. The number of benzene rings is 1. The molecule has 0 aliphatic heterocycles. The molecule has 1 unspecified atom stereocenters. The highest BCUT2D eigenvalue weighted by atomic mass is 16.4. The van der Waals surface area contributed by atoms with Crippen LogP contribution in [-0.4, -0.2) is 11.1 Å². The summed E-state index contributed by atoms with van der Waals surface area (Å²) in [5.74, 6) is -0.350. The summed E-state index contributed by atoms with van der Waals surface area (Å²) in [6.45, 7) is 6.09. The highest BCUT2D eigenvalue weighted by molar-refractivity contribution is 5.82. The summed E-state index contributed by atoms with van der Waals surface area (Å²) < 4.78 is 0. The molecule has 0 saturated heterocycles. The SMILES string of the molecule is CCC(C)[C@H]1c2ccccc2C=C[C@@]1(C)C(=O)O. The third-order valence-electron chi connectivity index (χ3n) is 4.26. The van der Waals surface area contributed by atoms with E-state index in [4.69, 9.17) is 0 Å². The van der Waals surface area contributed by atoms with Crippen molar-refractivity contribution in [1.29, 1.82) is 0 Å². The van der Waals surface area contributed by atoms with Gasteiger partial charge >= 0.3 is 5.97 Å². The van der Waals surface area contributed by atoms with E-state index in [0.717, 1.165) is 12.0 Å². The van der Waals surface area contributed by atoms with Gasteiger partial charge in [-0.2, -0.15) is 0 Å². The number of carboxylic acid groups (broad SMARTS) is 1. The Bertz CT molecular complexity index is 490. The molecule has 18 heavy (non-hydrogen) atoms. The van der Waals surface area contributed by atoms with Crippen LogP contribution in [0, 0.1) is 11.3 Å². The van der Waals surface area contributed by atoms with Gasteiger partial charge in [0.05, 0.1) is 5.41 Å². The molecular weight excluding hydrogens is 224 g/mol. The smallest absolute Gasteiger partial charge is 0.313 e. The van der Waals surface area contributed by atoms with Gasteiger partial charge in [-0.1, -0.05) is 56.7 Å². The lowest BCUT2D eigenvalue weighted by Gasteiger charge is -2.39. The monoisotopic (exact) mass is 244 g/mol. The van der Waals surface area contributed by atoms with Crippen LogP contribution in [0.2, 0.25) is 0 Å². The molecule has 2 rings (SSSR count). The molecule has 3 atom stereocenters. The van der Waals surface area contributed by atoms with E-state index in [1.165, 1.54) is 5.56 Å². The van der Waals surface area contributed by atoms with Crippen molar-refractivity contribution in [2.24, 2.45) is 11.3 Å². The molecule has 0 amide bonds. The highest BCUT2D eigenvalue weighted by Crippen LogP contribution is 2.48. The van der Waals surface area contributed by atoms with Gasteiger partial charge in [0, 0.05) is 5.92 Å². The van der Waals surface area contributed by atoms with Crippen molar-refractivity contribution in [3.63, 3.8) is 0 Å². The van der Waals surface area contributed by atoms with Gasteiger partial charge in [-0.25, -0.2) is 0 Å². The lowest BCUT2D eigenvalue weighted by atomic mass is 9.63. The molecule has 0 heterocycles. The minimum atomic E-state index is -0.802. The Hall–Kier alpha value is -1.57. The van der Waals surface area contributed by atoms with Crippen LogP contribution in [-0.2, 0) is 4.79 Å². The van der Waals surface area contributed by atoms with Crippen molar-refractivity contribution in [2.75, 3.05) is 0 Å². The Labute approximate surface area is 108 Å². The van der Waals surface area contributed by atoms with Crippen LogP contribution in [0.25, 0.3) is 6.08 Å². The van der Waals surface area contributed by atoms with Crippen molar-refractivity contribution in [2.45, 2.75) is 33.1 Å². The minimum Gasteiger partial charge on any atom is -0.481 e. The summed E-state index contributed by atoms with van der Waals surface area (Å²) in [6, 6.07) is 8.12. The summed E-state index contributed by atoms with van der Waals surface area (Å²) in [4.78, 5) is 11.7. The van der Waals surface area contributed by atoms with E-state index >= 15 is 0 Å². The van der Waals surface area contributed by atoms with Crippen molar-refractivity contribution < 1.29 is 9.90 Å². The summed E-state index contributed by atoms with van der Waals surface area (Å²) >= 11 is 0. The molecular formula is C16H20O2. The van der Waals surface area contributed by atoms with Crippen LogP contribution in [0.5, 0.6) is 0 Å². The van der Waals surface area contributed by atoms with Crippen LogP contribution in [0.4, 0.5) is 0 Å². The second-order valence-corrected chi connectivity index (χ2v) is 5.41. The molecule has 1 N–H and O–H groups in total.